The number of rotatable bonds is 6. The summed E-state index contributed by atoms with van der Waals surface area (Å²) in [6.45, 7) is 9.25. The fourth-order valence-corrected chi connectivity index (χ4v) is 2.96. The molecule has 0 unspecified atom stereocenters. The molecule has 2 atom stereocenters. The molecule has 6 nitrogen and oxygen atoms in total. The van der Waals surface area contributed by atoms with E-state index in [-0.39, 0.29) is 10.8 Å². The number of carbonyl (C=O) groups is 2. The van der Waals surface area contributed by atoms with Gasteiger partial charge in [0.15, 0.2) is 0 Å². The number of carboxylic acids is 1. The zero-order valence-corrected chi connectivity index (χ0v) is 14.9. The SMILES string of the molecule is CC(C)C[C@H](NC(=O)OC(C)(C)C)[C@@H](O)c1ccc(C(=O)O)s1. The minimum atomic E-state index is -1.03. The summed E-state index contributed by atoms with van der Waals surface area (Å²) in [5.41, 5.74) is -0.628. The van der Waals surface area contributed by atoms with Crippen LogP contribution in [0.4, 0.5) is 4.79 Å². The van der Waals surface area contributed by atoms with Crippen LogP contribution in [-0.2, 0) is 4.74 Å². The summed E-state index contributed by atoms with van der Waals surface area (Å²) < 4.78 is 5.23. The van der Waals surface area contributed by atoms with Crippen LogP contribution in [0.15, 0.2) is 12.1 Å². The number of nitrogens with one attached hydrogen (secondary N) is 1. The molecule has 1 amide bonds. The molecule has 0 saturated carbocycles. The maximum atomic E-state index is 12.0. The third kappa shape index (κ3) is 6.58. The second-order valence-corrected chi connectivity index (χ2v) is 7.95. The van der Waals surface area contributed by atoms with Crippen LogP contribution in [-0.4, -0.2) is 33.9 Å². The van der Waals surface area contributed by atoms with Gasteiger partial charge in [-0.3, -0.25) is 0 Å². The van der Waals surface area contributed by atoms with Gasteiger partial charge in [0.2, 0.25) is 0 Å². The number of aromatic carboxylic acids is 1. The number of carboxylic acid groups (broad SMARTS) is 1. The molecule has 23 heavy (non-hydrogen) atoms. The second kappa shape index (κ2) is 7.79. The summed E-state index contributed by atoms with van der Waals surface area (Å²) in [5.74, 6) is -0.794. The first-order valence-corrected chi connectivity index (χ1v) is 8.32. The van der Waals surface area contributed by atoms with Crippen molar-refractivity contribution in [3.05, 3.63) is 21.9 Å². The highest BCUT2D eigenvalue weighted by Crippen LogP contribution is 2.28. The quantitative estimate of drug-likeness (QED) is 0.735. The molecule has 130 valence electrons. The van der Waals surface area contributed by atoms with Gasteiger partial charge in [0.25, 0.3) is 0 Å². The maximum Gasteiger partial charge on any atom is 0.407 e. The fraction of sp³-hybridized carbons (Fsp3) is 0.625. The molecular weight excluding hydrogens is 318 g/mol. The Balaban J connectivity index is 2.87. The largest absolute Gasteiger partial charge is 0.477 e. The molecule has 3 N–H and O–H groups in total. The van der Waals surface area contributed by atoms with E-state index in [0.29, 0.717) is 11.3 Å². The highest BCUT2D eigenvalue weighted by molar-refractivity contribution is 7.14. The van der Waals surface area contributed by atoms with Crippen molar-refractivity contribution in [1.82, 2.24) is 5.32 Å². The summed E-state index contributed by atoms with van der Waals surface area (Å²) >= 11 is 1.00. The van der Waals surface area contributed by atoms with Gasteiger partial charge in [-0.15, -0.1) is 11.3 Å². The van der Waals surface area contributed by atoms with E-state index in [2.05, 4.69) is 5.32 Å². The first-order valence-electron chi connectivity index (χ1n) is 7.50. The van der Waals surface area contributed by atoms with Crippen LogP contribution in [0.1, 0.15) is 61.7 Å². The fourth-order valence-electron chi connectivity index (χ4n) is 2.06. The minimum absolute atomic E-state index is 0.152. The third-order valence-electron chi connectivity index (χ3n) is 2.94. The Bertz CT molecular complexity index is 547. The maximum absolute atomic E-state index is 12.0. The van der Waals surface area contributed by atoms with Gasteiger partial charge in [-0.1, -0.05) is 13.8 Å². The van der Waals surface area contributed by atoms with Crippen LogP contribution in [0, 0.1) is 5.92 Å². The van der Waals surface area contributed by atoms with E-state index >= 15 is 0 Å². The lowest BCUT2D eigenvalue weighted by Gasteiger charge is -2.27. The molecule has 0 bridgehead atoms. The summed E-state index contributed by atoms with van der Waals surface area (Å²) in [6.07, 6.45) is -1.04. The van der Waals surface area contributed by atoms with Crippen LogP contribution in [0.3, 0.4) is 0 Å². The number of aliphatic hydroxyl groups excluding tert-OH is 1. The molecular formula is C16H25NO5S. The molecule has 0 spiro atoms. The number of hydrogen-bond donors (Lipinski definition) is 3. The predicted molar refractivity (Wildman–Crippen MR) is 88.9 cm³/mol. The highest BCUT2D eigenvalue weighted by Gasteiger charge is 2.27. The molecule has 1 aromatic rings. The van der Waals surface area contributed by atoms with E-state index in [0.717, 1.165) is 11.3 Å². The van der Waals surface area contributed by atoms with E-state index < -0.39 is 29.8 Å². The van der Waals surface area contributed by atoms with Crippen molar-refractivity contribution in [2.75, 3.05) is 0 Å². The average molecular weight is 343 g/mol. The van der Waals surface area contributed by atoms with Crippen LogP contribution in [0.25, 0.3) is 0 Å². The first kappa shape index (κ1) is 19.4. The van der Waals surface area contributed by atoms with Crippen molar-refractivity contribution < 1.29 is 24.5 Å². The van der Waals surface area contributed by atoms with Gasteiger partial charge >= 0.3 is 12.1 Å². The molecule has 1 rings (SSSR count). The van der Waals surface area contributed by atoms with Gasteiger partial charge in [-0.25, -0.2) is 9.59 Å². The summed E-state index contributed by atoms with van der Waals surface area (Å²) in [5, 5.41) is 22.2. The topological polar surface area (TPSA) is 95.9 Å². The molecule has 0 radical (unpaired) electrons. The van der Waals surface area contributed by atoms with Crippen LogP contribution < -0.4 is 5.32 Å². The van der Waals surface area contributed by atoms with Crippen molar-refractivity contribution in [3.63, 3.8) is 0 Å². The van der Waals surface area contributed by atoms with Crippen molar-refractivity contribution in [2.45, 2.75) is 58.8 Å². The number of alkyl carbamates (subject to hydrolysis) is 1. The van der Waals surface area contributed by atoms with E-state index in [1.807, 2.05) is 13.8 Å². The Morgan fingerprint density at radius 3 is 2.35 bits per heavy atom. The van der Waals surface area contributed by atoms with Gasteiger partial charge in [0.1, 0.15) is 16.6 Å². The van der Waals surface area contributed by atoms with E-state index in [1.54, 1.807) is 26.8 Å². The van der Waals surface area contributed by atoms with E-state index in [9.17, 15) is 14.7 Å². The van der Waals surface area contributed by atoms with Crippen LogP contribution >= 0.6 is 11.3 Å². The summed E-state index contributed by atoms with van der Waals surface area (Å²) in [4.78, 5) is 23.6. The zero-order valence-electron chi connectivity index (χ0n) is 14.1. The number of aliphatic hydroxyl groups is 1. The lowest BCUT2D eigenvalue weighted by Crippen LogP contribution is -2.42. The number of hydrogen-bond acceptors (Lipinski definition) is 5. The van der Waals surface area contributed by atoms with Crippen molar-refractivity contribution in [1.29, 1.82) is 0 Å². The number of thiophene rings is 1. The van der Waals surface area contributed by atoms with Crippen molar-refractivity contribution in [3.8, 4) is 0 Å². The Hall–Kier alpha value is -1.60. The molecule has 1 aromatic heterocycles. The molecule has 7 heteroatoms. The third-order valence-corrected chi connectivity index (χ3v) is 4.08. The lowest BCUT2D eigenvalue weighted by molar-refractivity contribution is 0.0405. The van der Waals surface area contributed by atoms with Gasteiger partial charge in [0, 0.05) is 4.88 Å². The molecule has 0 aliphatic rings. The van der Waals surface area contributed by atoms with Crippen molar-refractivity contribution in [2.24, 2.45) is 5.92 Å². The van der Waals surface area contributed by atoms with E-state index in [1.165, 1.54) is 6.07 Å². The minimum Gasteiger partial charge on any atom is -0.477 e. The first-order chi connectivity index (χ1) is 10.5. The highest BCUT2D eigenvalue weighted by atomic mass is 32.1. The number of carbonyl (C=O) groups excluding carboxylic acids is 1. The molecule has 0 saturated heterocycles. The molecule has 1 heterocycles. The molecule has 0 fully saturated rings. The Labute approximate surface area is 140 Å². The molecule has 0 aliphatic heterocycles. The molecule has 0 aliphatic carbocycles. The predicted octanol–water partition coefficient (Wildman–Crippen LogP) is 3.42. The van der Waals surface area contributed by atoms with Gasteiger partial charge in [0.05, 0.1) is 6.04 Å². The lowest BCUT2D eigenvalue weighted by atomic mass is 9.98. The Morgan fingerprint density at radius 1 is 1.30 bits per heavy atom. The smallest absolute Gasteiger partial charge is 0.407 e. The van der Waals surface area contributed by atoms with Gasteiger partial charge < -0.3 is 20.3 Å². The second-order valence-electron chi connectivity index (χ2n) is 6.83. The Morgan fingerprint density at radius 2 is 1.91 bits per heavy atom. The van der Waals surface area contributed by atoms with Crippen LogP contribution in [0.5, 0.6) is 0 Å². The number of amides is 1. The van der Waals surface area contributed by atoms with E-state index in [4.69, 9.17) is 9.84 Å². The van der Waals surface area contributed by atoms with Gasteiger partial charge in [-0.05, 0) is 45.2 Å². The zero-order chi connectivity index (χ0) is 17.8. The average Bonchev–Trinajstić information content (AvgIpc) is 2.83. The Kier molecular flexibility index (Phi) is 6.58. The number of ether oxygens (including phenoxy) is 1. The summed E-state index contributed by atoms with van der Waals surface area (Å²) in [6, 6.07) is 2.47. The van der Waals surface area contributed by atoms with Crippen molar-refractivity contribution >= 4 is 23.4 Å². The monoisotopic (exact) mass is 343 g/mol. The standard InChI is InChI=1S/C16H25NO5S/c1-9(2)8-10(17-15(21)22-16(3,4)5)13(18)11-6-7-12(23-11)14(19)20/h6-7,9-10,13,18H,8H2,1-5H3,(H,17,21)(H,19,20)/t10-,13+/m0/s1. The van der Waals surface area contributed by atoms with Crippen LogP contribution in [0.2, 0.25) is 0 Å². The van der Waals surface area contributed by atoms with Gasteiger partial charge in [-0.2, -0.15) is 0 Å². The molecule has 0 aromatic carbocycles. The summed E-state index contributed by atoms with van der Waals surface area (Å²) in [7, 11) is 0. The normalized spacial score (nSPS) is 14.4.